The molecule has 0 atom stereocenters. The van der Waals surface area contributed by atoms with Gasteiger partial charge in [-0.25, -0.2) is 8.42 Å². The molecule has 0 saturated heterocycles. The zero-order valence-electron chi connectivity index (χ0n) is 11.1. The Hall–Kier alpha value is -0.130. The van der Waals surface area contributed by atoms with E-state index < -0.39 is 10.0 Å². The van der Waals surface area contributed by atoms with E-state index in [1.807, 2.05) is 13.8 Å². The molecule has 1 aliphatic carbocycles. The summed E-state index contributed by atoms with van der Waals surface area (Å²) in [6.45, 7) is 6.29. The van der Waals surface area contributed by atoms with Crippen LogP contribution in [0.25, 0.3) is 0 Å². The molecule has 0 amide bonds. The summed E-state index contributed by atoms with van der Waals surface area (Å²) in [5, 5.41) is 3.16. The van der Waals surface area contributed by atoms with Crippen molar-refractivity contribution in [3.63, 3.8) is 0 Å². The highest BCUT2D eigenvalue weighted by Gasteiger charge is 2.29. The summed E-state index contributed by atoms with van der Waals surface area (Å²) in [6, 6.07) is 0.268. The van der Waals surface area contributed by atoms with Crippen molar-refractivity contribution < 1.29 is 8.42 Å². The molecule has 0 aliphatic heterocycles. The molecule has 4 nitrogen and oxygen atoms in total. The highest BCUT2D eigenvalue weighted by molar-refractivity contribution is 7.89. The molecule has 0 aromatic heterocycles. The van der Waals surface area contributed by atoms with E-state index in [2.05, 4.69) is 5.32 Å². The molecule has 1 N–H and O–H groups in total. The first kappa shape index (κ1) is 14.9. The molecule has 1 rings (SSSR count). The average molecular weight is 262 g/mol. The first-order valence-corrected chi connectivity index (χ1v) is 8.43. The minimum atomic E-state index is -3.04. The molecular formula is C12H26N2O2S. The molecule has 0 aromatic carbocycles. The molecule has 0 heterocycles. The number of sulfonamides is 1. The average Bonchev–Trinajstić information content (AvgIpc) is 2.78. The highest BCUT2D eigenvalue weighted by atomic mass is 32.2. The molecule has 5 heteroatoms. The minimum absolute atomic E-state index is 0.268. The monoisotopic (exact) mass is 262 g/mol. The van der Waals surface area contributed by atoms with Gasteiger partial charge in [0.1, 0.15) is 0 Å². The summed E-state index contributed by atoms with van der Waals surface area (Å²) < 4.78 is 26.1. The van der Waals surface area contributed by atoms with E-state index in [-0.39, 0.29) is 11.8 Å². The Morgan fingerprint density at radius 1 is 1.24 bits per heavy atom. The van der Waals surface area contributed by atoms with E-state index >= 15 is 0 Å². The number of hydrogen-bond acceptors (Lipinski definition) is 3. The Labute approximate surface area is 106 Å². The quantitative estimate of drug-likeness (QED) is 0.676. The molecule has 102 valence electrons. The van der Waals surface area contributed by atoms with E-state index in [1.165, 1.54) is 12.8 Å². The summed E-state index contributed by atoms with van der Waals surface area (Å²) in [5.74, 6) is 0.282. The lowest BCUT2D eigenvalue weighted by atomic mass is 10.2. The Morgan fingerprint density at radius 3 is 2.41 bits per heavy atom. The smallest absolute Gasteiger partial charge is 0.214 e. The maximum absolute atomic E-state index is 12.2. The van der Waals surface area contributed by atoms with Crippen molar-refractivity contribution in [3.8, 4) is 0 Å². The molecule has 1 fully saturated rings. The van der Waals surface area contributed by atoms with Crippen LogP contribution in [-0.2, 0) is 10.0 Å². The molecule has 1 aliphatic rings. The third-order valence-corrected chi connectivity index (χ3v) is 5.48. The summed E-state index contributed by atoms with van der Waals surface area (Å²) in [5.41, 5.74) is 0. The SMILES string of the molecule is CCNCCCS(=O)(=O)N(CC)C1CCCC1. The largest absolute Gasteiger partial charge is 0.317 e. The van der Waals surface area contributed by atoms with E-state index in [9.17, 15) is 8.42 Å². The van der Waals surface area contributed by atoms with Crippen LogP contribution in [0.5, 0.6) is 0 Å². The first-order chi connectivity index (χ1) is 8.11. The molecule has 0 spiro atoms. The Bertz CT molecular complexity index is 298. The second-order valence-electron chi connectivity index (χ2n) is 4.66. The van der Waals surface area contributed by atoms with Gasteiger partial charge in [-0.2, -0.15) is 4.31 Å². The topological polar surface area (TPSA) is 49.4 Å². The highest BCUT2D eigenvalue weighted by Crippen LogP contribution is 2.25. The van der Waals surface area contributed by atoms with Crippen LogP contribution in [0, 0.1) is 0 Å². The third kappa shape index (κ3) is 4.56. The number of nitrogens with zero attached hydrogens (tertiary/aromatic N) is 1. The van der Waals surface area contributed by atoms with Gasteiger partial charge in [-0.05, 0) is 32.4 Å². The van der Waals surface area contributed by atoms with Crippen molar-refractivity contribution in [2.24, 2.45) is 0 Å². The van der Waals surface area contributed by atoms with Crippen LogP contribution in [0.15, 0.2) is 0 Å². The zero-order chi connectivity index (χ0) is 12.7. The van der Waals surface area contributed by atoms with Crippen molar-refractivity contribution >= 4 is 10.0 Å². The van der Waals surface area contributed by atoms with Gasteiger partial charge in [-0.15, -0.1) is 0 Å². The lowest BCUT2D eigenvalue weighted by Crippen LogP contribution is -2.40. The molecule has 0 radical (unpaired) electrons. The lowest BCUT2D eigenvalue weighted by molar-refractivity contribution is 0.335. The van der Waals surface area contributed by atoms with Gasteiger partial charge in [0, 0.05) is 12.6 Å². The summed E-state index contributed by atoms with van der Waals surface area (Å²) >= 11 is 0. The van der Waals surface area contributed by atoms with Crippen LogP contribution >= 0.6 is 0 Å². The van der Waals surface area contributed by atoms with Crippen molar-refractivity contribution in [3.05, 3.63) is 0 Å². The molecule has 17 heavy (non-hydrogen) atoms. The van der Waals surface area contributed by atoms with Crippen molar-refractivity contribution in [2.75, 3.05) is 25.4 Å². The van der Waals surface area contributed by atoms with Gasteiger partial charge < -0.3 is 5.32 Å². The Kier molecular flexibility index (Phi) is 6.44. The number of rotatable bonds is 8. The van der Waals surface area contributed by atoms with Crippen LogP contribution in [-0.4, -0.2) is 44.2 Å². The first-order valence-electron chi connectivity index (χ1n) is 6.82. The van der Waals surface area contributed by atoms with Crippen LogP contribution in [0.2, 0.25) is 0 Å². The van der Waals surface area contributed by atoms with E-state index in [4.69, 9.17) is 0 Å². The van der Waals surface area contributed by atoms with Gasteiger partial charge in [0.2, 0.25) is 10.0 Å². The Balaban J connectivity index is 2.47. The molecule has 0 bridgehead atoms. The predicted molar refractivity (Wildman–Crippen MR) is 71.6 cm³/mol. The van der Waals surface area contributed by atoms with E-state index in [1.54, 1.807) is 4.31 Å². The fraction of sp³-hybridized carbons (Fsp3) is 1.00. The zero-order valence-corrected chi connectivity index (χ0v) is 11.9. The van der Waals surface area contributed by atoms with Crippen molar-refractivity contribution in [1.29, 1.82) is 0 Å². The van der Waals surface area contributed by atoms with Gasteiger partial charge >= 0.3 is 0 Å². The fourth-order valence-corrected chi connectivity index (χ4v) is 4.35. The van der Waals surface area contributed by atoms with Gasteiger partial charge in [0.05, 0.1) is 5.75 Å². The predicted octanol–water partition coefficient (Wildman–Crippen LogP) is 1.58. The second kappa shape index (κ2) is 7.34. The molecule has 0 aromatic rings. The van der Waals surface area contributed by atoms with Gasteiger partial charge in [-0.1, -0.05) is 26.7 Å². The standard InChI is InChI=1S/C12H26N2O2S/c1-3-13-10-7-11-17(15,16)14(4-2)12-8-5-6-9-12/h12-13H,3-11H2,1-2H3. The van der Waals surface area contributed by atoms with E-state index in [0.717, 1.165) is 25.9 Å². The summed E-state index contributed by atoms with van der Waals surface area (Å²) in [6.07, 6.45) is 5.14. The third-order valence-electron chi connectivity index (χ3n) is 3.41. The normalized spacial score (nSPS) is 18.1. The van der Waals surface area contributed by atoms with Crippen LogP contribution < -0.4 is 5.32 Å². The fourth-order valence-electron chi connectivity index (χ4n) is 2.55. The van der Waals surface area contributed by atoms with Gasteiger partial charge in [-0.3, -0.25) is 0 Å². The maximum atomic E-state index is 12.2. The van der Waals surface area contributed by atoms with Crippen LogP contribution in [0.4, 0.5) is 0 Å². The maximum Gasteiger partial charge on any atom is 0.214 e. The Morgan fingerprint density at radius 2 is 1.88 bits per heavy atom. The van der Waals surface area contributed by atoms with E-state index in [0.29, 0.717) is 13.0 Å². The summed E-state index contributed by atoms with van der Waals surface area (Å²) in [7, 11) is -3.04. The van der Waals surface area contributed by atoms with Crippen LogP contribution in [0.3, 0.4) is 0 Å². The number of hydrogen-bond donors (Lipinski definition) is 1. The molecule has 1 saturated carbocycles. The van der Waals surface area contributed by atoms with Crippen LogP contribution in [0.1, 0.15) is 46.0 Å². The van der Waals surface area contributed by atoms with Gasteiger partial charge in [0.15, 0.2) is 0 Å². The van der Waals surface area contributed by atoms with Gasteiger partial charge in [0.25, 0.3) is 0 Å². The summed E-state index contributed by atoms with van der Waals surface area (Å²) in [4.78, 5) is 0. The van der Waals surface area contributed by atoms with Crippen molar-refractivity contribution in [2.45, 2.75) is 52.0 Å². The lowest BCUT2D eigenvalue weighted by Gasteiger charge is -2.26. The van der Waals surface area contributed by atoms with Crippen molar-refractivity contribution in [1.82, 2.24) is 9.62 Å². The molecule has 0 unspecified atom stereocenters. The molecular weight excluding hydrogens is 236 g/mol. The second-order valence-corrected chi connectivity index (χ2v) is 6.71. The number of nitrogens with one attached hydrogen (secondary N) is 1. The minimum Gasteiger partial charge on any atom is -0.317 e.